The number of allylic oxidation sites excluding steroid dienone is 4. The largest absolute Gasteiger partial charge is 0.393 e. The molecule has 168 valence electrons. The molecule has 1 heteroatoms. The Labute approximate surface area is 185 Å². The van der Waals surface area contributed by atoms with Crippen molar-refractivity contribution in [2.45, 2.75) is 119 Å². The Balaban J connectivity index is 1.59. The summed E-state index contributed by atoms with van der Waals surface area (Å²) in [6, 6.07) is 0. The van der Waals surface area contributed by atoms with Gasteiger partial charge in [-0.2, -0.15) is 0 Å². The van der Waals surface area contributed by atoms with Crippen LogP contribution < -0.4 is 0 Å². The molecule has 0 spiro atoms. The quantitative estimate of drug-likeness (QED) is 0.431. The number of fused-ring (bicyclic) bond motifs is 6. The molecule has 0 aromatic carbocycles. The van der Waals surface area contributed by atoms with Crippen molar-refractivity contribution in [1.29, 1.82) is 0 Å². The average Bonchev–Trinajstić information content (AvgIpc) is 2.65. The van der Waals surface area contributed by atoms with Crippen molar-refractivity contribution in [1.82, 2.24) is 0 Å². The predicted molar refractivity (Wildman–Crippen MR) is 126 cm³/mol. The minimum atomic E-state index is -0.128. The van der Waals surface area contributed by atoms with Crippen LogP contribution in [0.15, 0.2) is 22.8 Å². The lowest BCUT2D eigenvalue weighted by atomic mass is 9.35. The summed E-state index contributed by atoms with van der Waals surface area (Å²) >= 11 is 0. The van der Waals surface area contributed by atoms with Gasteiger partial charge >= 0.3 is 0 Å². The third-order valence-electron chi connectivity index (χ3n) is 11.9. The van der Waals surface area contributed by atoms with E-state index in [0.717, 1.165) is 12.3 Å². The first-order chi connectivity index (χ1) is 13.9. The van der Waals surface area contributed by atoms with E-state index in [0.29, 0.717) is 27.6 Å². The molecule has 2 saturated carbocycles. The van der Waals surface area contributed by atoms with Crippen molar-refractivity contribution in [3.8, 4) is 0 Å². The van der Waals surface area contributed by atoms with Gasteiger partial charge in [0.25, 0.3) is 0 Å². The highest BCUT2D eigenvalue weighted by atomic mass is 16.3. The summed E-state index contributed by atoms with van der Waals surface area (Å²) in [5, 5.41) is 10.8. The first-order valence-corrected chi connectivity index (χ1v) is 13.0. The fourth-order valence-electron chi connectivity index (χ4n) is 9.67. The molecule has 5 aliphatic rings. The molecular weight excluding hydrogens is 364 g/mol. The molecule has 0 amide bonds. The van der Waals surface area contributed by atoms with E-state index >= 15 is 0 Å². The zero-order chi connectivity index (χ0) is 21.7. The third-order valence-corrected chi connectivity index (χ3v) is 11.9. The summed E-state index contributed by atoms with van der Waals surface area (Å²) in [5.41, 5.74) is 6.96. The molecular formula is C29H46O. The molecule has 0 aliphatic heterocycles. The molecule has 0 heterocycles. The molecule has 0 saturated heterocycles. The summed E-state index contributed by atoms with van der Waals surface area (Å²) in [4.78, 5) is 0. The van der Waals surface area contributed by atoms with E-state index < -0.39 is 0 Å². The smallest absolute Gasteiger partial charge is 0.0594 e. The molecule has 0 aromatic heterocycles. The highest BCUT2D eigenvalue weighted by Gasteiger charge is 2.66. The van der Waals surface area contributed by atoms with Crippen molar-refractivity contribution in [3.05, 3.63) is 22.8 Å². The molecule has 0 bridgehead atoms. The fourth-order valence-corrected chi connectivity index (χ4v) is 9.67. The zero-order valence-electron chi connectivity index (χ0n) is 20.8. The van der Waals surface area contributed by atoms with Gasteiger partial charge in [-0.1, -0.05) is 60.1 Å². The topological polar surface area (TPSA) is 20.2 Å². The molecule has 0 aromatic rings. The maximum atomic E-state index is 10.8. The second-order valence-electron chi connectivity index (χ2n) is 14.1. The summed E-state index contributed by atoms with van der Waals surface area (Å²) in [5.74, 6) is 1.40. The van der Waals surface area contributed by atoms with E-state index in [2.05, 4.69) is 54.5 Å². The van der Waals surface area contributed by atoms with Gasteiger partial charge < -0.3 is 5.11 Å². The monoisotopic (exact) mass is 410 g/mol. The van der Waals surface area contributed by atoms with Gasteiger partial charge in [0.05, 0.1) is 6.10 Å². The van der Waals surface area contributed by atoms with Crippen LogP contribution in [0.3, 0.4) is 0 Å². The van der Waals surface area contributed by atoms with E-state index in [9.17, 15) is 5.11 Å². The Morgan fingerprint density at radius 1 is 0.833 bits per heavy atom. The number of aliphatic hydroxyl groups is 1. The van der Waals surface area contributed by atoms with Gasteiger partial charge in [-0.3, -0.25) is 0 Å². The first-order valence-electron chi connectivity index (χ1n) is 13.0. The summed E-state index contributed by atoms with van der Waals surface area (Å²) in [7, 11) is 0. The summed E-state index contributed by atoms with van der Waals surface area (Å²) < 4.78 is 0. The molecule has 0 radical (unpaired) electrons. The second kappa shape index (κ2) is 6.27. The minimum absolute atomic E-state index is 0.0505. The maximum absolute atomic E-state index is 10.8. The second-order valence-corrected chi connectivity index (χ2v) is 14.1. The van der Waals surface area contributed by atoms with Crippen LogP contribution in [0.4, 0.5) is 0 Å². The van der Waals surface area contributed by atoms with Gasteiger partial charge in [-0.15, -0.1) is 0 Å². The van der Waals surface area contributed by atoms with Crippen LogP contribution in [0.2, 0.25) is 0 Å². The van der Waals surface area contributed by atoms with Crippen molar-refractivity contribution in [3.63, 3.8) is 0 Å². The maximum Gasteiger partial charge on any atom is 0.0594 e. The lowest BCUT2D eigenvalue weighted by Gasteiger charge is -2.69. The van der Waals surface area contributed by atoms with E-state index in [4.69, 9.17) is 0 Å². The van der Waals surface area contributed by atoms with Crippen LogP contribution in [0.1, 0.15) is 113 Å². The minimum Gasteiger partial charge on any atom is -0.393 e. The molecule has 2 fully saturated rings. The average molecular weight is 411 g/mol. The van der Waals surface area contributed by atoms with Crippen LogP contribution >= 0.6 is 0 Å². The fraction of sp³-hybridized carbons (Fsp3) is 0.862. The van der Waals surface area contributed by atoms with Gasteiger partial charge in [-0.25, -0.2) is 0 Å². The van der Waals surface area contributed by atoms with E-state index in [-0.39, 0.29) is 11.5 Å². The van der Waals surface area contributed by atoms with Crippen LogP contribution in [0.5, 0.6) is 0 Å². The van der Waals surface area contributed by atoms with Crippen LogP contribution in [-0.2, 0) is 0 Å². The predicted octanol–water partition coefficient (Wildman–Crippen LogP) is 7.84. The van der Waals surface area contributed by atoms with E-state index in [1.807, 2.05) is 5.57 Å². The van der Waals surface area contributed by atoms with Crippen LogP contribution in [-0.4, -0.2) is 11.2 Å². The van der Waals surface area contributed by atoms with E-state index in [1.54, 1.807) is 11.1 Å². The summed E-state index contributed by atoms with van der Waals surface area (Å²) in [6.45, 7) is 17.6. The van der Waals surface area contributed by atoms with Crippen LogP contribution in [0, 0.1) is 38.9 Å². The van der Waals surface area contributed by atoms with Crippen molar-refractivity contribution < 1.29 is 5.11 Å². The Morgan fingerprint density at radius 2 is 1.53 bits per heavy atom. The number of aliphatic hydroxyl groups excluding tert-OH is 1. The highest BCUT2D eigenvalue weighted by molar-refractivity contribution is 5.48. The number of rotatable bonds is 0. The SMILES string of the molecule is CC1(C)CCC2=C(C1)C1=CCC3C4(C)CCC(O)C(C)(C)C4CCC3(C)C1(C)CC2. The Bertz CT molecular complexity index is 812. The van der Waals surface area contributed by atoms with Gasteiger partial charge in [0.15, 0.2) is 0 Å². The summed E-state index contributed by atoms with van der Waals surface area (Å²) in [6.07, 6.45) is 15.4. The standard InChI is InChI=1S/C29H46O/c1-25(2)14-10-19-11-16-28(6)21(20(19)18-25)8-9-23-27(5)15-13-24(30)26(3,4)22(27)12-17-29(23,28)7/h8,22-24,30H,9-18H2,1-7H3. The lowest BCUT2D eigenvalue weighted by molar-refractivity contribution is -0.194. The molecule has 5 rings (SSSR count). The first kappa shape index (κ1) is 21.3. The number of hydrogen-bond acceptors (Lipinski definition) is 1. The van der Waals surface area contributed by atoms with Gasteiger partial charge in [0.2, 0.25) is 0 Å². The molecule has 1 N–H and O–H groups in total. The molecule has 6 atom stereocenters. The molecule has 1 nitrogen and oxygen atoms in total. The Kier molecular flexibility index (Phi) is 4.45. The Hall–Kier alpha value is -0.560. The lowest BCUT2D eigenvalue weighted by Crippen LogP contribution is -2.63. The van der Waals surface area contributed by atoms with Crippen molar-refractivity contribution in [2.24, 2.45) is 38.9 Å². The molecule has 5 aliphatic carbocycles. The van der Waals surface area contributed by atoms with Crippen molar-refractivity contribution >= 4 is 0 Å². The zero-order valence-corrected chi connectivity index (χ0v) is 20.8. The molecule has 6 unspecified atom stereocenters. The Morgan fingerprint density at radius 3 is 2.27 bits per heavy atom. The van der Waals surface area contributed by atoms with E-state index in [1.165, 1.54) is 57.8 Å². The normalized spacial score (nSPS) is 49.3. The van der Waals surface area contributed by atoms with Gasteiger partial charge in [0.1, 0.15) is 0 Å². The highest BCUT2D eigenvalue weighted by Crippen LogP contribution is 2.73. The van der Waals surface area contributed by atoms with Crippen LogP contribution in [0.25, 0.3) is 0 Å². The van der Waals surface area contributed by atoms with Crippen molar-refractivity contribution in [2.75, 3.05) is 0 Å². The third kappa shape index (κ3) is 2.57. The molecule has 30 heavy (non-hydrogen) atoms. The van der Waals surface area contributed by atoms with Gasteiger partial charge in [0, 0.05) is 0 Å². The number of hydrogen-bond donors (Lipinski definition) is 1. The van der Waals surface area contributed by atoms with Gasteiger partial charge in [-0.05, 0) is 114 Å².